The molecule has 0 bridgehead atoms. The van der Waals surface area contributed by atoms with E-state index in [2.05, 4.69) is 29.1 Å². The van der Waals surface area contributed by atoms with Gasteiger partial charge in [-0.3, -0.25) is 4.90 Å². The average Bonchev–Trinajstić information content (AvgIpc) is 3.46. The number of carboxylic acids is 1. The number of methoxy groups -OCH3 is 1. The number of hydrogen-bond acceptors (Lipinski definition) is 7. The number of ether oxygens (including phenoxy) is 3. The highest BCUT2D eigenvalue weighted by Gasteiger charge is 2.26. The van der Waals surface area contributed by atoms with Gasteiger partial charge in [0.05, 0.1) is 19.0 Å². The van der Waals surface area contributed by atoms with E-state index in [0.717, 1.165) is 56.9 Å². The zero-order valence-electron chi connectivity index (χ0n) is 23.4. The minimum Gasteiger partial charge on any atom is -0.488 e. The van der Waals surface area contributed by atoms with Crippen LogP contribution in [0.2, 0.25) is 0 Å². The van der Waals surface area contributed by atoms with Gasteiger partial charge in [0, 0.05) is 37.9 Å². The number of fused-ring (bicyclic) bond motifs is 1. The third-order valence-corrected chi connectivity index (χ3v) is 8.18. The van der Waals surface area contributed by atoms with Gasteiger partial charge in [-0.25, -0.2) is 9.78 Å². The van der Waals surface area contributed by atoms with Crippen LogP contribution in [-0.2, 0) is 24.3 Å². The van der Waals surface area contributed by atoms with Gasteiger partial charge in [0.15, 0.2) is 5.82 Å². The van der Waals surface area contributed by atoms with Gasteiger partial charge in [0.1, 0.15) is 17.9 Å². The summed E-state index contributed by atoms with van der Waals surface area (Å²) >= 11 is 0. The van der Waals surface area contributed by atoms with Crippen LogP contribution < -0.4 is 9.47 Å². The molecule has 2 aromatic carbocycles. The molecule has 2 aliphatic heterocycles. The summed E-state index contributed by atoms with van der Waals surface area (Å²) in [6, 6.07) is 18.4. The molecule has 2 aromatic heterocycles. The average molecular weight is 555 g/mol. The summed E-state index contributed by atoms with van der Waals surface area (Å²) < 4.78 is 18.7. The molecule has 6 rings (SSSR count). The Morgan fingerprint density at radius 2 is 1.93 bits per heavy atom. The van der Waals surface area contributed by atoms with Gasteiger partial charge in [0.25, 0.3) is 0 Å². The smallest absolute Gasteiger partial charge is 0.342 e. The third-order valence-electron chi connectivity index (χ3n) is 8.18. The number of aromatic carboxylic acids is 1. The summed E-state index contributed by atoms with van der Waals surface area (Å²) in [5.41, 5.74) is 6.86. The lowest BCUT2D eigenvalue weighted by Crippen LogP contribution is -2.42. The Morgan fingerprint density at radius 3 is 2.73 bits per heavy atom. The van der Waals surface area contributed by atoms with Crippen molar-refractivity contribution in [1.29, 1.82) is 0 Å². The monoisotopic (exact) mass is 554 g/mol. The van der Waals surface area contributed by atoms with E-state index in [4.69, 9.17) is 19.2 Å². The van der Waals surface area contributed by atoms with E-state index in [9.17, 15) is 9.90 Å². The Morgan fingerprint density at radius 1 is 1.10 bits per heavy atom. The highest BCUT2D eigenvalue weighted by Crippen LogP contribution is 2.32. The van der Waals surface area contributed by atoms with Crippen molar-refractivity contribution < 1.29 is 24.1 Å². The predicted octanol–water partition coefficient (Wildman–Crippen LogP) is 5.07. The molecule has 41 heavy (non-hydrogen) atoms. The fourth-order valence-electron chi connectivity index (χ4n) is 5.92. The van der Waals surface area contributed by atoms with E-state index in [-0.39, 0.29) is 11.4 Å². The van der Waals surface area contributed by atoms with Crippen LogP contribution >= 0.6 is 0 Å². The van der Waals surface area contributed by atoms with Crippen LogP contribution in [0, 0.1) is 6.92 Å². The highest BCUT2D eigenvalue weighted by molar-refractivity contribution is 5.90. The molecule has 0 saturated carbocycles. The van der Waals surface area contributed by atoms with Crippen LogP contribution in [0.3, 0.4) is 0 Å². The number of para-hydroxylation sites is 1. The van der Waals surface area contributed by atoms with Crippen molar-refractivity contribution in [2.24, 2.45) is 0 Å². The first-order valence-corrected chi connectivity index (χ1v) is 14.0. The zero-order valence-corrected chi connectivity index (χ0v) is 23.4. The van der Waals surface area contributed by atoms with Gasteiger partial charge < -0.3 is 19.3 Å². The van der Waals surface area contributed by atoms with Gasteiger partial charge in [0.2, 0.25) is 5.88 Å². The van der Waals surface area contributed by atoms with Crippen LogP contribution in [0.5, 0.6) is 11.6 Å². The van der Waals surface area contributed by atoms with E-state index in [1.807, 2.05) is 36.4 Å². The molecule has 1 saturated heterocycles. The van der Waals surface area contributed by atoms with E-state index in [0.29, 0.717) is 24.2 Å². The maximum Gasteiger partial charge on any atom is 0.342 e. The number of carbonyl (C=O) groups is 1. The largest absolute Gasteiger partial charge is 0.488 e. The first kappa shape index (κ1) is 27.0. The standard InChI is InChI=1S/C32H34N4O5/c1-21-23(11-10-22-19-35(15-12-25(21)22)24-13-16-40-17-14-24)20-41-29-8-4-3-6-26(29)28-7-5-9-30(34-28)36-31(39-2)27(18-33-36)32(37)38/h3-11,18,24H,12-17,19-20H2,1-2H3,(H,37,38). The van der Waals surface area contributed by atoms with Crippen LogP contribution in [0.1, 0.15) is 45.5 Å². The minimum absolute atomic E-state index is 0.0276. The van der Waals surface area contributed by atoms with Crippen molar-refractivity contribution in [3.63, 3.8) is 0 Å². The molecule has 9 heteroatoms. The van der Waals surface area contributed by atoms with Gasteiger partial charge in [-0.1, -0.05) is 30.3 Å². The Labute approximate surface area is 239 Å². The number of benzene rings is 2. The molecule has 0 radical (unpaired) electrons. The molecular formula is C32H34N4O5. The van der Waals surface area contributed by atoms with Crippen molar-refractivity contribution in [2.45, 2.75) is 45.4 Å². The number of hydrogen-bond donors (Lipinski definition) is 1. The number of nitrogens with zero attached hydrogens (tertiary/aromatic N) is 4. The van der Waals surface area contributed by atoms with E-state index < -0.39 is 5.97 Å². The van der Waals surface area contributed by atoms with Gasteiger partial charge in [-0.2, -0.15) is 9.78 Å². The summed E-state index contributed by atoms with van der Waals surface area (Å²) in [6.45, 7) is 6.49. The van der Waals surface area contributed by atoms with Crippen molar-refractivity contribution in [2.75, 3.05) is 26.9 Å². The maximum atomic E-state index is 11.6. The Hall–Kier alpha value is -4.21. The second-order valence-electron chi connectivity index (χ2n) is 10.5. The molecule has 2 aliphatic rings. The second kappa shape index (κ2) is 11.7. The van der Waals surface area contributed by atoms with E-state index in [1.54, 1.807) is 6.07 Å². The first-order valence-electron chi connectivity index (χ1n) is 14.0. The van der Waals surface area contributed by atoms with Crippen LogP contribution in [0.15, 0.2) is 60.8 Å². The van der Waals surface area contributed by atoms with Crippen molar-refractivity contribution in [1.82, 2.24) is 19.7 Å². The first-order chi connectivity index (χ1) is 20.0. The highest BCUT2D eigenvalue weighted by atomic mass is 16.5. The third kappa shape index (κ3) is 5.42. The molecule has 9 nitrogen and oxygen atoms in total. The molecule has 0 unspecified atom stereocenters. The lowest BCUT2D eigenvalue weighted by molar-refractivity contribution is 0.0290. The summed E-state index contributed by atoms with van der Waals surface area (Å²) in [5.74, 6) is 0.170. The van der Waals surface area contributed by atoms with Gasteiger partial charge in [-0.15, -0.1) is 0 Å². The quantitative estimate of drug-likeness (QED) is 0.323. The summed E-state index contributed by atoms with van der Waals surface area (Å²) in [7, 11) is 1.41. The SMILES string of the molecule is COc1c(C(=O)O)cnn1-c1cccc(-c2ccccc2OCc2ccc3c(c2C)CCN(C2CCOCC2)C3)n1. The normalized spacial score (nSPS) is 15.9. The van der Waals surface area contributed by atoms with Crippen LogP contribution in [0.25, 0.3) is 17.1 Å². The summed E-state index contributed by atoms with van der Waals surface area (Å²) in [6.07, 6.45) is 4.56. The second-order valence-corrected chi connectivity index (χ2v) is 10.5. The molecule has 4 aromatic rings. The fraction of sp³-hybridized carbons (Fsp3) is 0.344. The number of rotatable bonds is 8. The molecule has 0 atom stereocenters. The molecule has 4 heterocycles. The van der Waals surface area contributed by atoms with Crippen molar-refractivity contribution >= 4 is 5.97 Å². The molecule has 0 aliphatic carbocycles. The van der Waals surface area contributed by atoms with Crippen molar-refractivity contribution in [3.8, 4) is 28.7 Å². The molecule has 212 valence electrons. The number of carboxylic acid groups (broad SMARTS) is 1. The zero-order chi connectivity index (χ0) is 28.3. The molecule has 0 amide bonds. The topological polar surface area (TPSA) is 98.9 Å². The maximum absolute atomic E-state index is 11.6. The number of pyridine rings is 1. The van der Waals surface area contributed by atoms with E-state index >= 15 is 0 Å². The molecule has 0 spiro atoms. The summed E-state index contributed by atoms with van der Waals surface area (Å²) in [5, 5.41) is 13.6. The molecular weight excluding hydrogens is 520 g/mol. The predicted molar refractivity (Wildman–Crippen MR) is 154 cm³/mol. The molecule has 1 fully saturated rings. The summed E-state index contributed by atoms with van der Waals surface area (Å²) in [4.78, 5) is 18.9. The van der Waals surface area contributed by atoms with Crippen LogP contribution in [-0.4, -0.2) is 63.7 Å². The Balaban J connectivity index is 1.21. The van der Waals surface area contributed by atoms with Crippen LogP contribution in [0.4, 0.5) is 0 Å². The lowest BCUT2D eigenvalue weighted by Gasteiger charge is -2.38. The Bertz CT molecular complexity index is 1560. The minimum atomic E-state index is -1.11. The lowest BCUT2D eigenvalue weighted by atomic mass is 9.90. The fourth-order valence-corrected chi connectivity index (χ4v) is 5.92. The molecule has 1 N–H and O–H groups in total. The van der Waals surface area contributed by atoms with E-state index in [1.165, 1.54) is 40.2 Å². The van der Waals surface area contributed by atoms with Crippen molar-refractivity contribution in [3.05, 3.63) is 88.6 Å². The number of aromatic nitrogens is 3. The van der Waals surface area contributed by atoms with Gasteiger partial charge >= 0.3 is 5.97 Å². The van der Waals surface area contributed by atoms with Gasteiger partial charge in [-0.05, 0) is 72.7 Å². The Kier molecular flexibility index (Phi) is 7.71.